The highest BCUT2D eigenvalue weighted by molar-refractivity contribution is 5.40. The van der Waals surface area contributed by atoms with Crippen LogP contribution in [0.2, 0.25) is 0 Å². The molecule has 2 atom stereocenters. The number of aromatic amines is 1. The lowest BCUT2D eigenvalue weighted by molar-refractivity contribution is -0.388. The SMILES string of the molecule is Cc1[nH+]ccc2c1C1CCC2C1.[I-]. The molecule has 13 heavy (non-hydrogen) atoms. The van der Waals surface area contributed by atoms with Crippen molar-refractivity contribution in [2.45, 2.75) is 38.0 Å². The van der Waals surface area contributed by atoms with Crippen LogP contribution in [0, 0.1) is 6.92 Å². The van der Waals surface area contributed by atoms with E-state index in [9.17, 15) is 0 Å². The molecule has 2 unspecified atom stereocenters. The molecule has 1 fully saturated rings. The maximum absolute atomic E-state index is 3.32. The second kappa shape index (κ2) is 3.23. The number of nitrogens with one attached hydrogen (secondary N) is 1. The maximum Gasteiger partial charge on any atom is 0.180 e. The molecule has 1 nitrogen and oxygen atoms in total. The maximum atomic E-state index is 3.32. The number of hydrogen-bond donors (Lipinski definition) is 0. The van der Waals surface area contributed by atoms with Gasteiger partial charge in [-0.05, 0) is 36.7 Å². The molecule has 0 aromatic carbocycles. The number of aromatic nitrogens is 1. The lowest BCUT2D eigenvalue weighted by atomic mass is 9.91. The molecule has 2 aliphatic rings. The summed E-state index contributed by atoms with van der Waals surface area (Å²) in [5.74, 6) is 1.79. The molecule has 1 N–H and O–H groups in total. The highest BCUT2D eigenvalue weighted by Gasteiger charge is 2.39. The second-order valence-corrected chi connectivity index (χ2v) is 4.18. The van der Waals surface area contributed by atoms with E-state index >= 15 is 0 Å². The Morgan fingerprint density at radius 1 is 1.31 bits per heavy atom. The minimum absolute atomic E-state index is 0. The Morgan fingerprint density at radius 2 is 2.08 bits per heavy atom. The summed E-state index contributed by atoms with van der Waals surface area (Å²) >= 11 is 0. The van der Waals surface area contributed by atoms with Crippen molar-refractivity contribution in [3.05, 3.63) is 29.1 Å². The van der Waals surface area contributed by atoms with Gasteiger partial charge in [0.15, 0.2) is 11.9 Å². The molecule has 1 aromatic heterocycles. The summed E-state index contributed by atoms with van der Waals surface area (Å²) in [5, 5.41) is 0. The molecular formula is C11H14IN. The molecule has 3 rings (SSSR count). The molecule has 2 heteroatoms. The summed E-state index contributed by atoms with van der Waals surface area (Å²) in [7, 11) is 0. The summed E-state index contributed by atoms with van der Waals surface area (Å²) in [5.41, 5.74) is 4.69. The zero-order valence-corrected chi connectivity index (χ0v) is 9.97. The smallest absolute Gasteiger partial charge is 0.180 e. The third kappa shape index (κ3) is 1.22. The first-order chi connectivity index (χ1) is 5.86. The molecule has 0 saturated heterocycles. The monoisotopic (exact) mass is 287 g/mol. The Kier molecular flexibility index (Phi) is 2.34. The van der Waals surface area contributed by atoms with Crippen molar-refractivity contribution in [3.63, 3.8) is 0 Å². The molecule has 2 aliphatic carbocycles. The molecule has 2 bridgehead atoms. The molecule has 0 aliphatic heterocycles. The Labute approximate surface area is 96.0 Å². The third-order valence-corrected chi connectivity index (χ3v) is 3.56. The normalized spacial score (nSPS) is 28.4. The van der Waals surface area contributed by atoms with Crippen molar-refractivity contribution in [2.24, 2.45) is 0 Å². The molecule has 0 radical (unpaired) electrons. The first-order valence-corrected chi connectivity index (χ1v) is 4.87. The summed E-state index contributed by atoms with van der Waals surface area (Å²) in [6.45, 7) is 2.21. The van der Waals surface area contributed by atoms with Crippen molar-refractivity contribution in [3.8, 4) is 0 Å². The van der Waals surface area contributed by atoms with E-state index in [1.165, 1.54) is 25.0 Å². The fourth-order valence-corrected chi connectivity index (χ4v) is 3.06. The van der Waals surface area contributed by atoms with Crippen LogP contribution in [0.25, 0.3) is 0 Å². The van der Waals surface area contributed by atoms with Gasteiger partial charge >= 0.3 is 0 Å². The minimum atomic E-state index is 0. The van der Waals surface area contributed by atoms with E-state index in [1.807, 2.05) is 0 Å². The van der Waals surface area contributed by atoms with Gasteiger partial charge < -0.3 is 24.0 Å². The van der Waals surface area contributed by atoms with Crippen LogP contribution in [0.5, 0.6) is 0 Å². The summed E-state index contributed by atoms with van der Waals surface area (Å²) < 4.78 is 0. The van der Waals surface area contributed by atoms with Gasteiger partial charge in [-0.15, -0.1) is 0 Å². The number of rotatable bonds is 0. The van der Waals surface area contributed by atoms with E-state index in [4.69, 9.17) is 0 Å². The van der Waals surface area contributed by atoms with Crippen molar-refractivity contribution >= 4 is 0 Å². The molecular weight excluding hydrogens is 273 g/mol. The van der Waals surface area contributed by atoms with E-state index in [0.717, 1.165) is 11.8 Å². The highest BCUT2D eigenvalue weighted by atomic mass is 127. The Balaban J connectivity index is 0.000000653. The number of fused-ring (bicyclic) bond motifs is 5. The van der Waals surface area contributed by atoms with Crippen LogP contribution in [0.3, 0.4) is 0 Å². The van der Waals surface area contributed by atoms with Crippen LogP contribution in [-0.2, 0) is 0 Å². The first kappa shape index (κ1) is 9.44. The Hall–Kier alpha value is -0.120. The van der Waals surface area contributed by atoms with Crippen molar-refractivity contribution in [2.75, 3.05) is 0 Å². The number of pyridine rings is 1. The summed E-state index contributed by atoms with van der Waals surface area (Å²) in [6, 6.07) is 2.28. The van der Waals surface area contributed by atoms with Crippen molar-refractivity contribution in [1.82, 2.24) is 0 Å². The van der Waals surface area contributed by atoms with Crippen LogP contribution in [0.4, 0.5) is 0 Å². The summed E-state index contributed by atoms with van der Waals surface area (Å²) in [6.07, 6.45) is 6.38. The molecule has 1 heterocycles. The summed E-state index contributed by atoms with van der Waals surface area (Å²) in [4.78, 5) is 3.32. The second-order valence-electron chi connectivity index (χ2n) is 4.18. The van der Waals surface area contributed by atoms with Crippen LogP contribution in [-0.4, -0.2) is 0 Å². The zero-order valence-electron chi connectivity index (χ0n) is 7.81. The standard InChI is InChI=1S/C11H13N.HI/c1-7-11-9-3-2-8(6-9)10(11)4-5-12-7;/h4-5,8-9H,2-3,6H2,1H3;1H. The molecule has 1 aromatic rings. The largest absolute Gasteiger partial charge is 1.00 e. The van der Waals surface area contributed by atoms with Gasteiger partial charge in [0, 0.05) is 18.6 Å². The van der Waals surface area contributed by atoms with Crippen LogP contribution >= 0.6 is 0 Å². The Bertz CT molecular complexity index is 335. The average Bonchev–Trinajstić information content (AvgIpc) is 2.64. The molecule has 70 valence electrons. The first-order valence-electron chi connectivity index (χ1n) is 4.87. The van der Waals surface area contributed by atoms with E-state index in [1.54, 1.807) is 11.1 Å². The average molecular weight is 287 g/mol. The van der Waals surface area contributed by atoms with Gasteiger partial charge in [0.2, 0.25) is 0 Å². The van der Waals surface area contributed by atoms with E-state index in [2.05, 4.69) is 24.2 Å². The fourth-order valence-electron chi connectivity index (χ4n) is 3.06. The number of H-pyrrole nitrogens is 1. The van der Waals surface area contributed by atoms with E-state index in [-0.39, 0.29) is 24.0 Å². The molecule has 0 amide bonds. The van der Waals surface area contributed by atoms with Crippen molar-refractivity contribution in [1.29, 1.82) is 0 Å². The van der Waals surface area contributed by atoms with Gasteiger partial charge in [-0.25, -0.2) is 4.98 Å². The molecule has 0 spiro atoms. The van der Waals surface area contributed by atoms with Crippen LogP contribution < -0.4 is 29.0 Å². The van der Waals surface area contributed by atoms with Crippen LogP contribution in [0.1, 0.15) is 47.9 Å². The lowest BCUT2D eigenvalue weighted by Gasteiger charge is -2.12. The number of hydrogen-bond acceptors (Lipinski definition) is 0. The van der Waals surface area contributed by atoms with Gasteiger partial charge in [0.25, 0.3) is 0 Å². The van der Waals surface area contributed by atoms with Gasteiger partial charge in [-0.1, -0.05) is 0 Å². The van der Waals surface area contributed by atoms with E-state index in [0.29, 0.717) is 0 Å². The fraction of sp³-hybridized carbons (Fsp3) is 0.545. The van der Waals surface area contributed by atoms with Crippen LogP contribution in [0.15, 0.2) is 12.3 Å². The number of halogens is 1. The van der Waals surface area contributed by atoms with Gasteiger partial charge in [0.05, 0.1) is 0 Å². The quantitative estimate of drug-likeness (QED) is 0.554. The van der Waals surface area contributed by atoms with Gasteiger partial charge in [-0.3, -0.25) is 0 Å². The van der Waals surface area contributed by atoms with Gasteiger partial charge in [0.1, 0.15) is 0 Å². The predicted molar refractivity (Wildman–Crippen MR) is 47.1 cm³/mol. The van der Waals surface area contributed by atoms with Crippen molar-refractivity contribution < 1.29 is 29.0 Å². The zero-order chi connectivity index (χ0) is 8.13. The van der Waals surface area contributed by atoms with Gasteiger partial charge in [-0.2, -0.15) is 0 Å². The lowest BCUT2D eigenvalue weighted by Crippen LogP contribution is -3.00. The minimum Gasteiger partial charge on any atom is -1.00 e. The Morgan fingerprint density at radius 3 is 2.85 bits per heavy atom. The topological polar surface area (TPSA) is 14.1 Å². The predicted octanol–water partition coefficient (Wildman–Crippen LogP) is -0.822. The third-order valence-electron chi connectivity index (χ3n) is 3.56. The highest BCUT2D eigenvalue weighted by Crippen LogP contribution is 2.53. The number of aryl methyl sites for hydroxylation is 1. The molecule has 1 saturated carbocycles. The van der Waals surface area contributed by atoms with E-state index < -0.39 is 0 Å².